The Morgan fingerprint density at radius 1 is 1.45 bits per heavy atom. The molecule has 0 aliphatic carbocycles. The number of rotatable bonds is 5. The molecule has 1 amide bonds. The Kier molecular flexibility index (Phi) is 4.29. The molecule has 2 aromatic heterocycles. The fourth-order valence-electron chi connectivity index (χ4n) is 2.02. The third kappa shape index (κ3) is 3.30. The molecular weight excluding hydrogens is 258 g/mol. The summed E-state index contributed by atoms with van der Waals surface area (Å²) in [7, 11) is 0. The Morgan fingerprint density at radius 3 is 2.90 bits per heavy atom. The Morgan fingerprint density at radius 2 is 2.20 bits per heavy atom. The fourth-order valence-corrected chi connectivity index (χ4v) is 2.02. The highest BCUT2D eigenvalue weighted by atomic mass is 16.3. The predicted molar refractivity (Wildman–Crippen MR) is 73.3 cm³/mol. The van der Waals surface area contributed by atoms with Gasteiger partial charge in [0.25, 0.3) is 5.78 Å². The van der Waals surface area contributed by atoms with Gasteiger partial charge >= 0.3 is 0 Å². The lowest BCUT2D eigenvalue weighted by Crippen LogP contribution is -2.34. The molecular formula is C13H19N5O2. The number of amides is 1. The van der Waals surface area contributed by atoms with Crippen molar-refractivity contribution < 1.29 is 9.90 Å². The topological polar surface area (TPSA) is 92.4 Å². The summed E-state index contributed by atoms with van der Waals surface area (Å²) in [4.78, 5) is 20.4. The summed E-state index contributed by atoms with van der Waals surface area (Å²) in [5.74, 6) is 0.796. The maximum absolute atomic E-state index is 11.8. The maximum atomic E-state index is 11.8. The highest BCUT2D eigenvalue weighted by molar-refractivity contribution is 5.78. The molecule has 2 rings (SSSR count). The van der Waals surface area contributed by atoms with Gasteiger partial charge in [-0.2, -0.15) is 4.98 Å². The molecule has 0 radical (unpaired) electrons. The van der Waals surface area contributed by atoms with Crippen molar-refractivity contribution in [2.24, 2.45) is 0 Å². The summed E-state index contributed by atoms with van der Waals surface area (Å²) in [6, 6.07) is 1.85. The van der Waals surface area contributed by atoms with Gasteiger partial charge in [0.05, 0.1) is 6.42 Å². The van der Waals surface area contributed by atoms with E-state index in [9.17, 15) is 4.79 Å². The van der Waals surface area contributed by atoms with Crippen molar-refractivity contribution in [1.82, 2.24) is 24.9 Å². The first kappa shape index (κ1) is 14.4. The Balaban J connectivity index is 2.10. The molecule has 7 heteroatoms. The van der Waals surface area contributed by atoms with Crippen LogP contribution in [0.15, 0.2) is 6.07 Å². The summed E-state index contributed by atoms with van der Waals surface area (Å²) >= 11 is 0. The Labute approximate surface area is 117 Å². The van der Waals surface area contributed by atoms with Gasteiger partial charge in [-0.05, 0) is 33.3 Å². The lowest BCUT2D eigenvalue weighted by molar-refractivity contribution is -0.121. The van der Waals surface area contributed by atoms with E-state index in [4.69, 9.17) is 5.11 Å². The first-order chi connectivity index (χ1) is 9.49. The second kappa shape index (κ2) is 5.96. The van der Waals surface area contributed by atoms with Crippen LogP contribution in [0.25, 0.3) is 5.78 Å². The van der Waals surface area contributed by atoms with Crippen molar-refractivity contribution in [3.63, 3.8) is 0 Å². The lowest BCUT2D eigenvalue weighted by atomic mass is 10.2. The van der Waals surface area contributed by atoms with E-state index in [1.165, 1.54) is 0 Å². The van der Waals surface area contributed by atoms with Gasteiger partial charge in [-0.25, -0.2) is 9.50 Å². The maximum Gasteiger partial charge on any atom is 0.252 e. The summed E-state index contributed by atoms with van der Waals surface area (Å²) in [5.41, 5.74) is 1.80. The average Bonchev–Trinajstić information content (AvgIpc) is 2.71. The molecule has 0 saturated carbocycles. The lowest BCUT2D eigenvalue weighted by Gasteiger charge is -2.10. The molecule has 2 N–H and O–H groups in total. The average molecular weight is 277 g/mol. The molecule has 20 heavy (non-hydrogen) atoms. The van der Waals surface area contributed by atoms with Crippen molar-refractivity contribution in [3.05, 3.63) is 23.3 Å². The van der Waals surface area contributed by atoms with Crippen LogP contribution in [-0.4, -0.2) is 43.2 Å². The third-order valence-electron chi connectivity index (χ3n) is 2.95. The van der Waals surface area contributed by atoms with Gasteiger partial charge < -0.3 is 10.4 Å². The van der Waals surface area contributed by atoms with Gasteiger partial charge in [0.1, 0.15) is 0 Å². The Bertz CT molecular complexity index is 622. The number of nitrogens with zero attached hydrogens (tertiary/aromatic N) is 4. The SMILES string of the molecule is Cc1cc(C)n2nc(CC(=O)NC(C)CCO)nc2n1. The van der Waals surface area contributed by atoms with Crippen molar-refractivity contribution in [1.29, 1.82) is 0 Å². The van der Waals surface area contributed by atoms with E-state index >= 15 is 0 Å². The second-order valence-electron chi connectivity index (χ2n) is 4.94. The summed E-state index contributed by atoms with van der Waals surface area (Å²) in [6.45, 7) is 5.71. The van der Waals surface area contributed by atoms with Gasteiger partial charge in [0.2, 0.25) is 5.91 Å². The van der Waals surface area contributed by atoms with Crippen LogP contribution in [0.3, 0.4) is 0 Å². The molecule has 0 saturated heterocycles. The highest BCUT2D eigenvalue weighted by Gasteiger charge is 2.13. The molecule has 108 valence electrons. The number of hydrogen-bond acceptors (Lipinski definition) is 5. The number of fused-ring (bicyclic) bond motifs is 1. The van der Waals surface area contributed by atoms with E-state index in [0.29, 0.717) is 18.0 Å². The molecule has 2 heterocycles. The minimum absolute atomic E-state index is 0.0520. The van der Waals surface area contributed by atoms with Gasteiger partial charge in [0, 0.05) is 24.0 Å². The monoisotopic (exact) mass is 277 g/mol. The number of aliphatic hydroxyl groups excluding tert-OH is 1. The van der Waals surface area contributed by atoms with Gasteiger partial charge in [-0.3, -0.25) is 4.79 Å². The molecule has 1 unspecified atom stereocenters. The molecule has 0 aromatic carbocycles. The summed E-state index contributed by atoms with van der Waals surface area (Å²) in [5, 5.41) is 15.9. The van der Waals surface area contributed by atoms with Crippen LogP contribution in [0.5, 0.6) is 0 Å². The van der Waals surface area contributed by atoms with E-state index in [1.807, 2.05) is 26.8 Å². The molecule has 1 atom stereocenters. The largest absolute Gasteiger partial charge is 0.396 e. The number of carbonyl (C=O) groups excluding carboxylic acids is 1. The molecule has 0 aliphatic heterocycles. The molecule has 0 fully saturated rings. The minimum Gasteiger partial charge on any atom is -0.396 e. The minimum atomic E-state index is -0.156. The van der Waals surface area contributed by atoms with Gasteiger partial charge in [-0.1, -0.05) is 0 Å². The van der Waals surface area contributed by atoms with Crippen LogP contribution in [0.2, 0.25) is 0 Å². The Hall–Kier alpha value is -2.02. The van der Waals surface area contributed by atoms with Crippen molar-refractivity contribution in [2.45, 2.75) is 39.7 Å². The number of nitrogens with one attached hydrogen (secondary N) is 1. The summed E-state index contributed by atoms with van der Waals surface area (Å²) in [6.07, 6.45) is 0.641. The van der Waals surface area contributed by atoms with Crippen LogP contribution in [-0.2, 0) is 11.2 Å². The zero-order valence-electron chi connectivity index (χ0n) is 11.9. The number of aryl methyl sites for hydroxylation is 2. The number of carbonyl (C=O) groups is 1. The first-order valence-corrected chi connectivity index (χ1v) is 6.59. The standard InChI is InChI=1S/C13H19N5O2/c1-8(4-5-19)14-12(20)7-11-16-13-15-9(2)6-10(3)18(13)17-11/h6,8,19H,4-5,7H2,1-3H3,(H,14,20). The number of aromatic nitrogens is 4. The molecule has 2 aromatic rings. The van der Waals surface area contributed by atoms with E-state index in [-0.39, 0.29) is 25.0 Å². The number of hydrogen-bond donors (Lipinski definition) is 2. The van der Waals surface area contributed by atoms with Crippen molar-refractivity contribution in [2.75, 3.05) is 6.61 Å². The van der Waals surface area contributed by atoms with Gasteiger partial charge in [0.15, 0.2) is 5.82 Å². The van der Waals surface area contributed by atoms with E-state index < -0.39 is 0 Å². The van der Waals surface area contributed by atoms with Gasteiger partial charge in [-0.15, -0.1) is 5.10 Å². The normalized spacial score (nSPS) is 12.6. The third-order valence-corrected chi connectivity index (χ3v) is 2.95. The zero-order valence-corrected chi connectivity index (χ0v) is 11.9. The van der Waals surface area contributed by atoms with Crippen LogP contribution < -0.4 is 5.32 Å². The van der Waals surface area contributed by atoms with Crippen LogP contribution in [0.4, 0.5) is 0 Å². The van der Waals surface area contributed by atoms with E-state index in [2.05, 4.69) is 20.4 Å². The van der Waals surface area contributed by atoms with E-state index in [0.717, 1.165) is 11.4 Å². The van der Waals surface area contributed by atoms with Crippen LogP contribution in [0.1, 0.15) is 30.6 Å². The zero-order chi connectivity index (χ0) is 14.7. The second-order valence-corrected chi connectivity index (χ2v) is 4.94. The molecule has 0 spiro atoms. The van der Waals surface area contributed by atoms with Crippen molar-refractivity contribution in [3.8, 4) is 0 Å². The van der Waals surface area contributed by atoms with Crippen LogP contribution in [0, 0.1) is 13.8 Å². The smallest absolute Gasteiger partial charge is 0.252 e. The van der Waals surface area contributed by atoms with E-state index in [1.54, 1.807) is 4.52 Å². The highest BCUT2D eigenvalue weighted by Crippen LogP contribution is 2.05. The predicted octanol–water partition coefficient (Wildman–Crippen LogP) is 0.171. The first-order valence-electron chi connectivity index (χ1n) is 6.59. The van der Waals surface area contributed by atoms with Crippen molar-refractivity contribution >= 4 is 11.7 Å². The molecule has 7 nitrogen and oxygen atoms in total. The number of aliphatic hydroxyl groups is 1. The quantitative estimate of drug-likeness (QED) is 0.813. The summed E-state index contributed by atoms with van der Waals surface area (Å²) < 4.78 is 1.63. The van der Waals surface area contributed by atoms with Crippen LogP contribution >= 0.6 is 0 Å². The molecule has 0 bridgehead atoms. The molecule has 0 aliphatic rings. The fraction of sp³-hybridized carbons (Fsp3) is 0.538.